The van der Waals surface area contributed by atoms with E-state index < -0.39 is 17.5 Å². The van der Waals surface area contributed by atoms with Gasteiger partial charge in [0, 0.05) is 10.4 Å². The van der Waals surface area contributed by atoms with Crippen molar-refractivity contribution in [2.45, 2.75) is 12.6 Å². The number of hydrogen-bond donors (Lipinski definition) is 3. The van der Waals surface area contributed by atoms with Crippen molar-refractivity contribution in [3.05, 3.63) is 71.1 Å². The van der Waals surface area contributed by atoms with Gasteiger partial charge in [-0.05, 0) is 53.8 Å². The first-order valence-electron chi connectivity index (χ1n) is 8.13. The van der Waals surface area contributed by atoms with Crippen LogP contribution in [0.2, 0.25) is 0 Å². The summed E-state index contributed by atoms with van der Waals surface area (Å²) in [7, 11) is 0. The summed E-state index contributed by atoms with van der Waals surface area (Å²) in [6, 6.07) is 15.0. The van der Waals surface area contributed by atoms with E-state index in [1.54, 1.807) is 23.5 Å². The summed E-state index contributed by atoms with van der Waals surface area (Å²) >= 11 is 1.59. The van der Waals surface area contributed by atoms with Crippen LogP contribution in [0.5, 0.6) is 0 Å². The van der Waals surface area contributed by atoms with Gasteiger partial charge < -0.3 is 16.8 Å². The zero-order chi connectivity index (χ0) is 19.6. The number of rotatable bonds is 5. The number of carbonyl (C=O) groups excluding carboxylic acids is 2. The lowest BCUT2D eigenvalue weighted by Crippen LogP contribution is -2.34. The van der Waals surface area contributed by atoms with Crippen LogP contribution in [-0.4, -0.2) is 11.8 Å². The molecule has 138 valence electrons. The SMILES string of the molecule is C[C@@](F)(C(N)=O)c1ccc(C(=O)Nc2cc(-c3cccs3)ccc2N)cc1. The second-order valence-electron chi connectivity index (χ2n) is 6.18. The van der Waals surface area contributed by atoms with Gasteiger partial charge in [-0.3, -0.25) is 9.59 Å². The predicted molar refractivity (Wildman–Crippen MR) is 106 cm³/mol. The Morgan fingerprint density at radius 2 is 1.81 bits per heavy atom. The molecule has 0 bridgehead atoms. The molecule has 0 radical (unpaired) electrons. The molecule has 5 N–H and O–H groups in total. The highest BCUT2D eigenvalue weighted by molar-refractivity contribution is 7.13. The molecule has 2 amide bonds. The third kappa shape index (κ3) is 3.83. The highest BCUT2D eigenvalue weighted by Gasteiger charge is 2.32. The average Bonchev–Trinajstić information content (AvgIpc) is 3.18. The van der Waals surface area contributed by atoms with Gasteiger partial charge >= 0.3 is 0 Å². The highest BCUT2D eigenvalue weighted by atomic mass is 32.1. The molecule has 0 saturated carbocycles. The number of nitrogen functional groups attached to an aromatic ring is 1. The van der Waals surface area contributed by atoms with Crippen LogP contribution >= 0.6 is 11.3 Å². The largest absolute Gasteiger partial charge is 0.397 e. The lowest BCUT2D eigenvalue weighted by atomic mass is 9.96. The Morgan fingerprint density at radius 1 is 1.11 bits per heavy atom. The lowest BCUT2D eigenvalue weighted by Gasteiger charge is -2.17. The van der Waals surface area contributed by atoms with Gasteiger partial charge in [0.25, 0.3) is 11.8 Å². The van der Waals surface area contributed by atoms with E-state index in [-0.39, 0.29) is 5.56 Å². The van der Waals surface area contributed by atoms with Crippen molar-refractivity contribution in [3.63, 3.8) is 0 Å². The third-order valence-electron chi connectivity index (χ3n) is 4.26. The number of primary amides is 1. The van der Waals surface area contributed by atoms with Crippen LogP contribution in [-0.2, 0) is 10.5 Å². The summed E-state index contributed by atoms with van der Waals surface area (Å²) in [5.41, 5.74) is 11.0. The first-order valence-corrected chi connectivity index (χ1v) is 9.01. The van der Waals surface area contributed by atoms with Gasteiger partial charge in [0.1, 0.15) is 0 Å². The number of hydrogen-bond acceptors (Lipinski definition) is 4. The quantitative estimate of drug-likeness (QED) is 0.582. The van der Waals surface area contributed by atoms with Crippen LogP contribution in [0, 0.1) is 0 Å². The minimum Gasteiger partial charge on any atom is -0.397 e. The van der Waals surface area contributed by atoms with Gasteiger partial charge in [-0.2, -0.15) is 0 Å². The molecule has 0 aliphatic rings. The number of amides is 2. The van der Waals surface area contributed by atoms with Gasteiger partial charge in [-0.1, -0.05) is 24.3 Å². The normalized spacial score (nSPS) is 13.0. The van der Waals surface area contributed by atoms with Crippen molar-refractivity contribution in [2.24, 2.45) is 5.73 Å². The lowest BCUT2D eigenvalue weighted by molar-refractivity contribution is -0.128. The smallest absolute Gasteiger partial charge is 0.259 e. The molecule has 0 aliphatic heterocycles. The molecule has 3 rings (SSSR count). The maximum atomic E-state index is 14.3. The number of anilines is 2. The van der Waals surface area contributed by atoms with E-state index >= 15 is 0 Å². The topological polar surface area (TPSA) is 98.2 Å². The standard InChI is InChI=1S/C20H18FN3O2S/c1-20(21,19(23)26)14-7-4-12(5-8-14)18(25)24-16-11-13(6-9-15(16)22)17-3-2-10-27-17/h2-11H,22H2,1H3,(H2,23,26)(H,24,25)/t20-/m0/s1. The molecular formula is C20H18FN3O2S. The molecule has 5 nitrogen and oxygen atoms in total. The summed E-state index contributed by atoms with van der Waals surface area (Å²) in [5, 5.41) is 4.73. The van der Waals surface area contributed by atoms with Gasteiger partial charge in [-0.15, -0.1) is 11.3 Å². The van der Waals surface area contributed by atoms with E-state index in [1.807, 2.05) is 23.6 Å². The first kappa shape index (κ1) is 18.6. The van der Waals surface area contributed by atoms with E-state index in [9.17, 15) is 14.0 Å². The first-order chi connectivity index (χ1) is 12.8. The summed E-state index contributed by atoms with van der Waals surface area (Å²) in [6.45, 7) is 1.08. The van der Waals surface area contributed by atoms with Crippen molar-refractivity contribution in [2.75, 3.05) is 11.1 Å². The number of carbonyl (C=O) groups is 2. The summed E-state index contributed by atoms with van der Waals surface area (Å²) in [4.78, 5) is 24.8. The number of benzene rings is 2. The molecule has 0 aliphatic carbocycles. The fraction of sp³-hybridized carbons (Fsp3) is 0.100. The molecular weight excluding hydrogens is 365 g/mol. The summed E-state index contributed by atoms with van der Waals surface area (Å²) in [5.74, 6) is -1.48. The zero-order valence-corrected chi connectivity index (χ0v) is 15.3. The van der Waals surface area contributed by atoms with Crippen molar-refractivity contribution < 1.29 is 14.0 Å². The summed E-state index contributed by atoms with van der Waals surface area (Å²) < 4.78 is 14.3. The van der Waals surface area contributed by atoms with Crippen LogP contribution in [0.4, 0.5) is 15.8 Å². The van der Waals surface area contributed by atoms with Gasteiger partial charge in [-0.25, -0.2) is 4.39 Å². The van der Waals surface area contributed by atoms with E-state index in [2.05, 4.69) is 5.32 Å². The Bertz CT molecular complexity index is 983. The Balaban J connectivity index is 1.82. The zero-order valence-electron chi connectivity index (χ0n) is 14.5. The Kier molecular flexibility index (Phi) is 4.96. The van der Waals surface area contributed by atoms with Gasteiger partial charge in [0.05, 0.1) is 11.4 Å². The molecule has 0 saturated heterocycles. The van der Waals surface area contributed by atoms with Crippen molar-refractivity contribution in [3.8, 4) is 10.4 Å². The molecule has 0 fully saturated rings. The van der Waals surface area contributed by atoms with E-state index in [4.69, 9.17) is 11.5 Å². The predicted octanol–water partition coefficient (Wildman–Crippen LogP) is 3.92. The van der Waals surface area contributed by atoms with Crippen LogP contribution in [0.25, 0.3) is 10.4 Å². The van der Waals surface area contributed by atoms with Crippen LogP contribution in [0.3, 0.4) is 0 Å². The number of alkyl halides is 1. The van der Waals surface area contributed by atoms with Crippen molar-refractivity contribution in [1.29, 1.82) is 0 Å². The van der Waals surface area contributed by atoms with Crippen molar-refractivity contribution in [1.82, 2.24) is 0 Å². The number of thiophene rings is 1. The molecule has 0 spiro atoms. The minimum atomic E-state index is -2.30. The maximum Gasteiger partial charge on any atom is 0.259 e. The molecule has 1 aromatic heterocycles. The second kappa shape index (κ2) is 7.20. The maximum absolute atomic E-state index is 14.3. The number of nitrogens with one attached hydrogen (secondary N) is 1. The highest BCUT2D eigenvalue weighted by Crippen LogP contribution is 2.30. The number of halogens is 1. The Labute approximate surface area is 159 Å². The van der Waals surface area contributed by atoms with Crippen LogP contribution < -0.4 is 16.8 Å². The summed E-state index contributed by atoms with van der Waals surface area (Å²) in [6.07, 6.45) is 0. The minimum absolute atomic E-state index is 0.0887. The number of nitrogens with two attached hydrogens (primary N) is 2. The van der Waals surface area contributed by atoms with Crippen LogP contribution in [0.15, 0.2) is 60.0 Å². The fourth-order valence-corrected chi connectivity index (χ4v) is 3.26. The molecule has 7 heteroatoms. The second-order valence-corrected chi connectivity index (χ2v) is 7.13. The Hall–Kier alpha value is -3.19. The van der Waals surface area contributed by atoms with E-state index in [1.165, 1.54) is 24.3 Å². The Morgan fingerprint density at radius 3 is 2.41 bits per heavy atom. The fourth-order valence-electron chi connectivity index (χ4n) is 2.53. The molecule has 2 aromatic carbocycles. The molecule has 1 atom stereocenters. The van der Waals surface area contributed by atoms with Gasteiger partial charge in [0.15, 0.2) is 0 Å². The molecule has 3 aromatic rings. The van der Waals surface area contributed by atoms with E-state index in [0.717, 1.165) is 17.4 Å². The average molecular weight is 383 g/mol. The molecule has 27 heavy (non-hydrogen) atoms. The van der Waals surface area contributed by atoms with Crippen LogP contribution in [0.1, 0.15) is 22.8 Å². The van der Waals surface area contributed by atoms with E-state index in [0.29, 0.717) is 16.9 Å². The third-order valence-corrected chi connectivity index (χ3v) is 5.18. The molecule has 1 heterocycles. The van der Waals surface area contributed by atoms with Crippen molar-refractivity contribution >= 4 is 34.5 Å². The van der Waals surface area contributed by atoms with Gasteiger partial charge in [0.2, 0.25) is 5.67 Å². The monoisotopic (exact) mass is 383 g/mol. The molecule has 0 unspecified atom stereocenters.